The van der Waals surface area contributed by atoms with Crippen LogP contribution in [0.5, 0.6) is 5.75 Å². The third-order valence-corrected chi connectivity index (χ3v) is 4.23. The van der Waals surface area contributed by atoms with Gasteiger partial charge in [0.05, 0.1) is 6.61 Å². The quantitative estimate of drug-likeness (QED) is 0.941. The van der Waals surface area contributed by atoms with E-state index in [1.165, 1.54) is 4.90 Å². The van der Waals surface area contributed by atoms with Crippen LogP contribution in [-0.2, 0) is 0 Å². The molecule has 1 aromatic heterocycles. The first-order valence-corrected chi connectivity index (χ1v) is 7.69. The highest BCUT2D eigenvalue weighted by atomic mass is 16.5. The minimum absolute atomic E-state index is 0.155. The summed E-state index contributed by atoms with van der Waals surface area (Å²) in [6, 6.07) is 10.1. The van der Waals surface area contributed by atoms with E-state index in [4.69, 9.17) is 9.84 Å². The second-order valence-corrected chi connectivity index (χ2v) is 5.91. The summed E-state index contributed by atoms with van der Waals surface area (Å²) < 4.78 is 5.93. The molecule has 1 amide bonds. The fourth-order valence-corrected chi connectivity index (χ4v) is 3.03. The zero-order valence-corrected chi connectivity index (χ0v) is 13.3. The maximum absolute atomic E-state index is 11.1. The molecule has 0 radical (unpaired) electrons. The number of likely N-dealkylation sites (N-methyl/N-ethyl adjacent to an activating group) is 1. The van der Waals surface area contributed by atoms with Crippen molar-refractivity contribution in [3.05, 3.63) is 47.8 Å². The first-order valence-electron chi connectivity index (χ1n) is 7.69. The summed E-state index contributed by atoms with van der Waals surface area (Å²) in [5.41, 5.74) is 4.15. The van der Waals surface area contributed by atoms with Gasteiger partial charge in [0.15, 0.2) is 0 Å². The summed E-state index contributed by atoms with van der Waals surface area (Å²) >= 11 is 0. The van der Waals surface area contributed by atoms with E-state index in [0.29, 0.717) is 13.2 Å². The van der Waals surface area contributed by atoms with Crippen molar-refractivity contribution in [1.29, 1.82) is 0 Å². The van der Waals surface area contributed by atoms with Gasteiger partial charge in [-0.1, -0.05) is 18.2 Å². The van der Waals surface area contributed by atoms with Gasteiger partial charge < -0.3 is 14.7 Å². The highest BCUT2D eigenvalue weighted by molar-refractivity contribution is 5.73. The monoisotopic (exact) mass is 312 g/mol. The van der Waals surface area contributed by atoms with Gasteiger partial charge >= 0.3 is 6.09 Å². The molecular formula is C18H20N2O3. The SMILES string of the molecule is Cc1cc(-c2cccc3c2OCC[C@@H]3CN(C)C(=O)O)ccn1. The van der Waals surface area contributed by atoms with Crippen LogP contribution in [0.2, 0.25) is 0 Å². The Morgan fingerprint density at radius 3 is 3.00 bits per heavy atom. The van der Waals surface area contributed by atoms with E-state index in [0.717, 1.165) is 34.6 Å². The minimum Gasteiger partial charge on any atom is -0.493 e. The summed E-state index contributed by atoms with van der Waals surface area (Å²) in [5, 5.41) is 9.11. The van der Waals surface area contributed by atoms with Gasteiger partial charge in [-0.05, 0) is 36.6 Å². The predicted octanol–water partition coefficient (Wildman–Crippen LogP) is 3.53. The smallest absolute Gasteiger partial charge is 0.407 e. The van der Waals surface area contributed by atoms with Crippen LogP contribution in [0.1, 0.15) is 23.6 Å². The van der Waals surface area contributed by atoms with E-state index in [-0.39, 0.29) is 5.92 Å². The summed E-state index contributed by atoms with van der Waals surface area (Å²) in [6.07, 6.45) is 1.71. The number of pyridine rings is 1. The molecule has 120 valence electrons. The van der Waals surface area contributed by atoms with Crippen LogP contribution in [0.25, 0.3) is 11.1 Å². The van der Waals surface area contributed by atoms with Crippen LogP contribution in [0.3, 0.4) is 0 Å². The molecular weight excluding hydrogens is 292 g/mol. The number of nitrogens with zero attached hydrogens (tertiary/aromatic N) is 2. The second-order valence-electron chi connectivity index (χ2n) is 5.91. The van der Waals surface area contributed by atoms with Crippen molar-refractivity contribution in [1.82, 2.24) is 9.88 Å². The third-order valence-electron chi connectivity index (χ3n) is 4.23. The lowest BCUT2D eigenvalue weighted by Crippen LogP contribution is -2.31. The van der Waals surface area contributed by atoms with Crippen molar-refractivity contribution in [2.45, 2.75) is 19.3 Å². The minimum atomic E-state index is -0.904. The Labute approximate surface area is 135 Å². The number of ether oxygens (including phenoxy) is 1. The molecule has 0 saturated heterocycles. The topological polar surface area (TPSA) is 62.7 Å². The maximum atomic E-state index is 11.1. The van der Waals surface area contributed by atoms with Crippen molar-refractivity contribution in [2.24, 2.45) is 0 Å². The van der Waals surface area contributed by atoms with Gasteiger partial charge in [-0.2, -0.15) is 0 Å². The van der Waals surface area contributed by atoms with Gasteiger partial charge in [0.2, 0.25) is 0 Å². The fraction of sp³-hybridized carbons (Fsp3) is 0.333. The molecule has 0 aliphatic carbocycles. The molecule has 0 fully saturated rings. The van der Waals surface area contributed by atoms with Crippen molar-refractivity contribution >= 4 is 6.09 Å². The summed E-state index contributed by atoms with van der Waals surface area (Å²) in [5.74, 6) is 1.02. The van der Waals surface area contributed by atoms with Crippen molar-refractivity contribution in [2.75, 3.05) is 20.2 Å². The zero-order chi connectivity index (χ0) is 16.4. The van der Waals surface area contributed by atoms with Gasteiger partial charge in [-0.15, -0.1) is 0 Å². The van der Waals surface area contributed by atoms with E-state index in [9.17, 15) is 4.79 Å². The molecule has 5 nitrogen and oxygen atoms in total. The Kier molecular flexibility index (Phi) is 4.19. The van der Waals surface area contributed by atoms with Crippen molar-refractivity contribution < 1.29 is 14.6 Å². The van der Waals surface area contributed by atoms with E-state index < -0.39 is 6.09 Å². The van der Waals surface area contributed by atoms with Crippen molar-refractivity contribution in [3.8, 4) is 16.9 Å². The lowest BCUT2D eigenvalue weighted by Gasteiger charge is -2.30. The van der Waals surface area contributed by atoms with E-state index >= 15 is 0 Å². The normalized spacial score (nSPS) is 16.3. The number of para-hydroxylation sites is 1. The standard InChI is InChI=1S/C18H20N2O3/c1-12-10-13(6-8-19-12)15-4-3-5-16-14(7-9-23-17(15)16)11-20(2)18(21)22/h3-6,8,10,14H,7,9,11H2,1-2H3,(H,21,22)/t14-/m1/s1. The molecule has 1 aromatic carbocycles. The Balaban J connectivity index is 1.99. The molecule has 2 heterocycles. The Morgan fingerprint density at radius 2 is 2.26 bits per heavy atom. The summed E-state index contributed by atoms with van der Waals surface area (Å²) in [4.78, 5) is 16.7. The van der Waals surface area contributed by atoms with Crippen LogP contribution < -0.4 is 4.74 Å². The lowest BCUT2D eigenvalue weighted by atomic mass is 9.89. The molecule has 0 spiro atoms. The van der Waals surface area contributed by atoms with Crippen molar-refractivity contribution in [3.63, 3.8) is 0 Å². The number of rotatable bonds is 3. The molecule has 1 N–H and O–H groups in total. The van der Waals surface area contributed by atoms with Gasteiger partial charge in [0, 0.05) is 37.0 Å². The first kappa shape index (κ1) is 15.3. The second kappa shape index (κ2) is 6.28. The number of carbonyl (C=O) groups is 1. The Hall–Kier alpha value is -2.56. The molecule has 3 rings (SSSR count). The number of benzene rings is 1. The maximum Gasteiger partial charge on any atom is 0.407 e. The fourth-order valence-electron chi connectivity index (χ4n) is 3.03. The van der Waals surface area contributed by atoms with E-state index in [1.807, 2.05) is 37.3 Å². The van der Waals surface area contributed by atoms with Gasteiger partial charge in [0.25, 0.3) is 0 Å². The Morgan fingerprint density at radius 1 is 1.43 bits per heavy atom. The van der Waals surface area contributed by atoms with Gasteiger partial charge in [0.1, 0.15) is 5.75 Å². The average Bonchev–Trinajstić information content (AvgIpc) is 2.54. The van der Waals surface area contributed by atoms with E-state index in [2.05, 4.69) is 4.98 Å². The third kappa shape index (κ3) is 3.13. The first-order chi connectivity index (χ1) is 11.1. The number of aryl methyl sites for hydroxylation is 1. The molecule has 1 atom stereocenters. The van der Waals surface area contributed by atoms with Crippen LogP contribution in [-0.4, -0.2) is 41.3 Å². The lowest BCUT2D eigenvalue weighted by molar-refractivity contribution is 0.149. The molecule has 0 unspecified atom stereocenters. The molecule has 23 heavy (non-hydrogen) atoms. The number of carboxylic acid groups (broad SMARTS) is 1. The van der Waals surface area contributed by atoms with Crippen LogP contribution in [0, 0.1) is 6.92 Å². The highest BCUT2D eigenvalue weighted by Crippen LogP contribution is 2.41. The summed E-state index contributed by atoms with van der Waals surface area (Å²) in [6.45, 7) is 3.04. The number of amides is 1. The number of hydrogen-bond donors (Lipinski definition) is 1. The predicted molar refractivity (Wildman–Crippen MR) is 87.9 cm³/mol. The molecule has 1 aliphatic heterocycles. The highest BCUT2D eigenvalue weighted by Gasteiger charge is 2.26. The molecule has 2 aromatic rings. The molecule has 0 saturated carbocycles. The number of aromatic nitrogens is 1. The Bertz CT molecular complexity index is 730. The van der Waals surface area contributed by atoms with Crippen LogP contribution in [0.15, 0.2) is 36.5 Å². The van der Waals surface area contributed by atoms with Gasteiger partial charge in [-0.3, -0.25) is 4.98 Å². The summed E-state index contributed by atoms with van der Waals surface area (Å²) in [7, 11) is 1.60. The van der Waals surface area contributed by atoms with Crippen LogP contribution in [0.4, 0.5) is 4.79 Å². The van der Waals surface area contributed by atoms with E-state index in [1.54, 1.807) is 13.2 Å². The number of fused-ring (bicyclic) bond motifs is 1. The van der Waals surface area contributed by atoms with Crippen LogP contribution >= 0.6 is 0 Å². The molecule has 0 bridgehead atoms. The molecule has 1 aliphatic rings. The average molecular weight is 312 g/mol. The largest absolute Gasteiger partial charge is 0.493 e. The number of hydrogen-bond acceptors (Lipinski definition) is 3. The van der Waals surface area contributed by atoms with Gasteiger partial charge in [-0.25, -0.2) is 4.79 Å². The zero-order valence-electron chi connectivity index (χ0n) is 13.3. The molecule has 5 heteroatoms.